The summed E-state index contributed by atoms with van der Waals surface area (Å²) in [5, 5.41) is 6.52. The van der Waals surface area contributed by atoms with Crippen LogP contribution in [0.5, 0.6) is 0 Å². The van der Waals surface area contributed by atoms with E-state index in [1.54, 1.807) is 6.26 Å². The van der Waals surface area contributed by atoms with Crippen LogP contribution in [0.15, 0.2) is 40.5 Å². The van der Waals surface area contributed by atoms with Crippen LogP contribution in [0.2, 0.25) is 0 Å². The van der Waals surface area contributed by atoms with E-state index in [1.807, 2.05) is 18.2 Å². The maximum absolute atomic E-state index is 5.29. The number of hydrogen-bond donors (Lipinski definition) is 2. The molecule has 0 aliphatic rings. The second kappa shape index (κ2) is 13.0. The summed E-state index contributed by atoms with van der Waals surface area (Å²) in [4.78, 5) is 4.53. The van der Waals surface area contributed by atoms with Gasteiger partial charge in [0.05, 0.1) is 6.26 Å². The molecule has 0 atom stereocenters. The molecular weight excluding hydrogens is 365 g/mol. The number of rotatable bonds is 9. The van der Waals surface area contributed by atoms with Crippen LogP contribution in [-0.4, -0.2) is 25.6 Å². The van der Waals surface area contributed by atoms with Gasteiger partial charge in [0.1, 0.15) is 5.76 Å². The molecule has 1 aromatic rings. The average molecular weight is 391 g/mol. The first-order valence-corrected chi connectivity index (χ1v) is 7.02. The molecule has 2 N–H and O–H groups in total. The summed E-state index contributed by atoms with van der Waals surface area (Å²) in [6.07, 6.45) is 7.97. The third-order valence-corrected chi connectivity index (χ3v) is 2.69. The minimum absolute atomic E-state index is 0. The molecule has 1 rings (SSSR count). The van der Waals surface area contributed by atoms with Crippen molar-refractivity contribution in [3.05, 3.63) is 36.8 Å². The van der Waals surface area contributed by atoms with E-state index in [1.165, 1.54) is 12.8 Å². The molecule has 4 nitrogen and oxygen atoms in total. The van der Waals surface area contributed by atoms with Crippen molar-refractivity contribution in [3.63, 3.8) is 0 Å². The summed E-state index contributed by atoms with van der Waals surface area (Å²) in [5.74, 6) is 1.84. The van der Waals surface area contributed by atoms with Gasteiger partial charge in [-0.25, -0.2) is 0 Å². The van der Waals surface area contributed by atoms with Crippen molar-refractivity contribution in [2.24, 2.45) is 4.99 Å². The number of aliphatic imine (C=N–C) groups is 1. The standard InChI is InChI=1S/C15H25N3O.HI/c1-3-5-6-11-17-15(16-10-4-2)18-12-9-14-8-7-13-19-14;/h4,7-8,13H,2-3,5-6,9-12H2,1H3,(H2,16,17,18);1H. The van der Waals surface area contributed by atoms with Gasteiger partial charge in [0.25, 0.3) is 0 Å². The van der Waals surface area contributed by atoms with Crippen LogP contribution < -0.4 is 10.6 Å². The molecule has 0 bridgehead atoms. The van der Waals surface area contributed by atoms with Crippen molar-refractivity contribution in [2.75, 3.05) is 19.6 Å². The lowest BCUT2D eigenvalue weighted by atomic mass is 10.2. The molecule has 0 aliphatic heterocycles. The Morgan fingerprint density at radius 1 is 1.40 bits per heavy atom. The summed E-state index contributed by atoms with van der Waals surface area (Å²) in [6.45, 7) is 8.29. The summed E-state index contributed by atoms with van der Waals surface area (Å²) < 4.78 is 5.29. The zero-order chi connectivity index (χ0) is 13.8. The molecule has 1 aromatic heterocycles. The fourth-order valence-corrected chi connectivity index (χ4v) is 1.65. The molecule has 1 heterocycles. The van der Waals surface area contributed by atoms with Crippen molar-refractivity contribution < 1.29 is 4.42 Å². The Hall–Kier alpha value is -0.980. The highest BCUT2D eigenvalue weighted by molar-refractivity contribution is 14.0. The molecule has 0 radical (unpaired) electrons. The van der Waals surface area contributed by atoms with Crippen molar-refractivity contribution in [1.29, 1.82) is 0 Å². The van der Waals surface area contributed by atoms with Gasteiger partial charge in [-0.3, -0.25) is 4.99 Å². The van der Waals surface area contributed by atoms with Crippen LogP contribution in [0.4, 0.5) is 0 Å². The molecule has 20 heavy (non-hydrogen) atoms. The molecule has 0 saturated carbocycles. The highest BCUT2D eigenvalue weighted by Crippen LogP contribution is 1.99. The van der Waals surface area contributed by atoms with Crippen molar-refractivity contribution >= 4 is 29.9 Å². The second-order valence-electron chi connectivity index (χ2n) is 4.36. The van der Waals surface area contributed by atoms with Gasteiger partial charge < -0.3 is 15.1 Å². The topological polar surface area (TPSA) is 49.6 Å². The van der Waals surface area contributed by atoms with Gasteiger partial charge in [-0.1, -0.05) is 25.8 Å². The van der Waals surface area contributed by atoms with Crippen LogP contribution in [0.3, 0.4) is 0 Å². The molecule has 0 saturated heterocycles. The Morgan fingerprint density at radius 3 is 2.90 bits per heavy atom. The zero-order valence-corrected chi connectivity index (χ0v) is 14.6. The highest BCUT2D eigenvalue weighted by atomic mass is 127. The van der Waals surface area contributed by atoms with Crippen molar-refractivity contribution in [1.82, 2.24) is 10.6 Å². The van der Waals surface area contributed by atoms with Crippen molar-refractivity contribution in [3.8, 4) is 0 Å². The molecule has 0 amide bonds. The van der Waals surface area contributed by atoms with E-state index in [0.717, 1.165) is 44.2 Å². The van der Waals surface area contributed by atoms with E-state index in [0.29, 0.717) is 0 Å². The third kappa shape index (κ3) is 9.01. The van der Waals surface area contributed by atoms with Gasteiger partial charge in [-0.05, 0) is 18.6 Å². The van der Waals surface area contributed by atoms with Gasteiger partial charge in [0, 0.05) is 26.1 Å². The van der Waals surface area contributed by atoms with E-state index < -0.39 is 0 Å². The zero-order valence-electron chi connectivity index (χ0n) is 12.2. The van der Waals surface area contributed by atoms with E-state index >= 15 is 0 Å². The van der Waals surface area contributed by atoms with Crippen LogP contribution in [-0.2, 0) is 6.42 Å². The van der Waals surface area contributed by atoms with Gasteiger partial charge >= 0.3 is 0 Å². The maximum Gasteiger partial charge on any atom is 0.191 e. The normalized spacial score (nSPS) is 10.8. The lowest BCUT2D eigenvalue weighted by Crippen LogP contribution is -2.38. The summed E-state index contributed by atoms with van der Waals surface area (Å²) in [5.41, 5.74) is 0. The SMILES string of the molecule is C=CCNC(=NCCCCC)NCCc1ccco1.I. The number of halogens is 1. The molecule has 0 aliphatic carbocycles. The van der Waals surface area contributed by atoms with Crippen LogP contribution >= 0.6 is 24.0 Å². The first kappa shape index (κ1) is 19.0. The Kier molecular flexibility index (Phi) is 12.4. The van der Waals surface area contributed by atoms with Gasteiger partial charge in [0.15, 0.2) is 5.96 Å². The monoisotopic (exact) mass is 391 g/mol. The van der Waals surface area contributed by atoms with E-state index in [4.69, 9.17) is 4.42 Å². The number of guanidine groups is 1. The van der Waals surface area contributed by atoms with Crippen LogP contribution in [0, 0.1) is 0 Å². The largest absolute Gasteiger partial charge is 0.469 e. The molecule has 0 unspecified atom stereocenters. The lowest BCUT2D eigenvalue weighted by Gasteiger charge is -2.10. The number of unbranched alkanes of at least 4 members (excludes halogenated alkanes) is 2. The van der Waals surface area contributed by atoms with Gasteiger partial charge in [-0.15, -0.1) is 30.6 Å². The molecular formula is C15H26IN3O. The summed E-state index contributed by atoms with van der Waals surface area (Å²) in [7, 11) is 0. The van der Waals surface area contributed by atoms with E-state index in [9.17, 15) is 0 Å². The quantitative estimate of drug-likeness (QED) is 0.223. The fourth-order valence-electron chi connectivity index (χ4n) is 1.65. The average Bonchev–Trinajstić information content (AvgIpc) is 2.93. The predicted molar refractivity (Wildman–Crippen MR) is 95.9 cm³/mol. The Balaban J connectivity index is 0.00000361. The lowest BCUT2D eigenvalue weighted by molar-refractivity contribution is 0.507. The van der Waals surface area contributed by atoms with Crippen molar-refractivity contribution in [2.45, 2.75) is 32.6 Å². The minimum atomic E-state index is 0. The van der Waals surface area contributed by atoms with Gasteiger partial charge in [-0.2, -0.15) is 0 Å². The van der Waals surface area contributed by atoms with E-state index in [-0.39, 0.29) is 24.0 Å². The smallest absolute Gasteiger partial charge is 0.191 e. The molecule has 0 fully saturated rings. The van der Waals surface area contributed by atoms with E-state index in [2.05, 4.69) is 29.1 Å². The predicted octanol–water partition coefficient (Wildman–Crippen LogP) is 3.35. The number of furan rings is 1. The minimum Gasteiger partial charge on any atom is -0.469 e. The first-order chi connectivity index (χ1) is 9.36. The maximum atomic E-state index is 5.29. The molecule has 5 heteroatoms. The van der Waals surface area contributed by atoms with Crippen LogP contribution in [0.1, 0.15) is 31.9 Å². The molecule has 0 aromatic carbocycles. The Bertz CT molecular complexity index is 363. The van der Waals surface area contributed by atoms with Gasteiger partial charge in [0.2, 0.25) is 0 Å². The van der Waals surface area contributed by atoms with Crippen LogP contribution in [0.25, 0.3) is 0 Å². The first-order valence-electron chi connectivity index (χ1n) is 7.02. The molecule has 114 valence electrons. The number of hydrogen-bond acceptors (Lipinski definition) is 2. The summed E-state index contributed by atoms with van der Waals surface area (Å²) >= 11 is 0. The fraction of sp³-hybridized carbons (Fsp3) is 0.533. The number of nitrogens with zero attached hydrogens (tertiary/aromatic N) is 1. The Labute approximate surface area is 139 Å². The number of nitrogens with one attached hydrogen (secondary N) is 2. The second-order valence-corrected chi connectivity index (χ2v) is 4.36. The Morgan fingerprint density at radius 2 is 2.25 bits per heavy atom. The molecule has 0 spiro atoms. The third-order valence-electron chi connectivity index (χ3n) is 2.69. The highest BCUT2D eigenvalue weighted by Gasteiger charge is 1.99. The summed E-state index contributed by atoms with van der Waals surface area (Å²) in [6, 6.07) is 3.89.